The molecule has 0 saturated carbocycles. The first-order chi connectivity index (χ1) is 8.91. The van der Waals surface area contributed by atoms with Gasteiger partial charge in [0.1, 0.15) is 5.82 Å². The van der Waals surface area contributed by atoms with Crippen molar-refractivity contribution in [3.8, 4) is 0 Å². The van der Waals surface area contributed by atoms with Crippen molar-refractivity contribution in [1.29, 1.82) is 0 Å². The van der Waals surface area contributed by atoms with Gasteiger partial charge in [-0.2, -0.15) is 13.2 Å². The molecule has 0 aromatic heterocycles. The molecule has 0 aliphatic carbocycles. The zero-order chi connectivity index (χ0) is 14.0. The lowest BCUT2D eigenvalue weighted by Crippen LogP contribution is -2.44. The van der Waals surface area contributed by atoms with E-state index in [1.807, 2.05) is 0 Å². The lowest BCUT2D eigenvalue weighted by Gasteiger charge is -2.34. The molecule has 2 nitrogen and oxygen atoms in total. The number of alkyl halides is 3. The SMILES string of the molecule is CNC1CCCN(c2cc(C(F)(F)F)ccc2F)C1. The number of anilines is 1. The summed E-state index contributed by atoms with van der Waals surface area (Å²) in [5, 5.41) is 3.08. The van der Waals surface area contributed by atoms with Crippen LogP contribution in [0, 0.1) is 5.82 Å². The molecule has 1 heterocycles. The minimum Gasteiger partial charge on any atom is -0.368 e. The summed E-state index contributed by atoms with van der Waals surface area (Å²) >= 11 is 0. The second-order valence-corrected chi connectivity index (χ2v) is 4.74. The highest BCUT2D eigenvalue weighted by Crippen LogP contribution is 2.33. The minimum atomic E-state index is -4.44. The molecule has 6 heteroatoms. The number of halogens is 4. The molecule has 1 saturated heterocycles. The molecule has 1 atom stereocenters. The lowest BCUT2D eigenvalue weighted by atomic mass is 10.0. The van der Waals surface area contributed by atoms with Gasteiger partial charge in [-0.05, 0) is 38.1 Å². The predicted molar refractivity (Wildman–Crippen MR) is 65.7 cm³/mol. The predicted octanol–water partition coefficient (Wildman–Crippen LogP) is 3.03. The number of likely N-dealkylation sites (N-methyl/N-ethyl adjacent to an activating group) is 1. The average Bonchev–Trinajstić information content (AvgIpc) is 2.38. The van der Waals surface area contributed by atoms with Gasteiger partial charge in [-0.25, -0.2) is 4.39 Å². The molecular formula is C13H16F4N2. The van der Waals surface area contributed by atoms with E-state index in [9.17, 15) is 17.6 Å². The van der Waals surface area contributed by atoms with Crippen LogP contribution in [0.2, 0.25) is 0 Å². The van der Waals surface area contributed by atoms with Gasteiger partial charge in [0.25, 0.3) is 0 Å². The molecule has 0 radical (unpaired) electrons. The largest absolute Gasteiger partial charge is 0.416 e. The molecule has 1 N–H and O–H groups in total. The normalized spacial score (nSPS) is 20.7. The highest BCUT2D eigenvalue weighted by atomic mass is 19.4. The van der Waals surface area contributed by atoms with Gasteiger partial charge in [-0.1, -0.05) is 0 Å². The standard InChI is InChI=1S/C13H16F4N2/c1-18-10-3-2-6-19(8-10)12-7-9(13(15,16)17)4-5-11(12)14/h4-5,7,10,18H,2-3,6,8H2,1H3. The third-order valence-electron chi connectivity index (χ3n) is 3.44. The summed E-state index contributed by atoms with van der Waals surface area (Å²) in [6.07, 6.45) is -2.66. The molecule has 0 bridgehead atoms. The molecule has 0 spiro atoms. The molecule has 19 heavy (non-hydrogen) atoms. The molecule has 1 aliphatic rings. The lowest BCUT2D eigenvalue weighted by molar-refractivity contribution is -0.137. The Morgan fingerprint density at radius 3 is 2.68 bits per heavy atom. The van der Waals surface area contributed by atoms with E-state index in [4.69, 9.17) is 0 Å². The van der Waals surface area contributed by atoms with E-state index in [1.54, 1.807) is 11.9 Å². The van der Waals surface area contributed by atoms with E-state index >= 15 is 0 Å². The number of benzene rings is 1. The fraction of sp³-hybridized carbons (Fsp3) is 0.538. The Balaban J connectivity index is 2.28. The first-order valence-corrected chi connectivity index (χ1v) is 6.21. The van der Waals surface area contributed by atoms with Crippen LogP contribution in [0.15, 0.2) is 18.2 Å². The molecule has 1 aliphatic heterocycles. The van der Waals surface area contributed by atoms with Crippen LogP contribution in [0.4, 0.5) is 23.2 Å². The van der Waals surface area contributed by atoms with E-state index < -0.39 is 17.6 Å². The maximum Gasteiger partial charge on any atom is 0.416 e. The van der Waals surface area contributed by atoms with Crippen LogP contribution in [-0.4, -0.2) is 26.2 Å². The Morgan fingerprint density at radius 1 is 1.32 bits per heavy atom. The quantitative estimate of drug-likeness (QED) is 0.835. The monoisotopic (exact) mass is 276 g/mol. The zero-order valence-electron chi connectivity index (χ0n) is 10.6. The molecule has 1 aromatic rings. The number of nitrogens with one attached hydrogen (secondary N) is 1. The highest BCUT2D eigenvalue weighted by molar-refractivity contribution is 5.51. The van der Waals surface area contributed by atoms with Crippen LogP contribution >= 0.6 is 0 Å². The Bertz CT molecular complexity index is 445. The second kappa shape index (κ2) is 5.36. The Hall–Kier alpha value is -1.30. The summed E-state index contributed by atoms with van der Waals surface area (Å²) < 4.78 is 51.7. The van der Waals surface area contributed by atoms with Crippen molar-refractivity contribution in [1.82, 2.24) is 5.32 Å². The Labute approximate surface area is 109 Å². The summed E-state index contributed by atoms with van der Waals surface area (Å²) in [5.41, 5.74) is -0.773. The van der Waals surface area contributed by atoms with Crippen molar-refractivity contribution in [2.75, 3.05) is 25.0 Å². The van der Waals surface area contributed by atoms with Crippen molar-refractivity contribution >= 4 is 5.69 Å². The van der Waals surface area contributed by atoms with Crippen LogP contribution in [0.1, 0.15) is 18.4 Å². The molecule has 0 amide bonds. The van der Waals surface area contributed by atoms with Crippen LogP contribution in [0.5, 0.6) is 0 Å². The summed E-state index contributed by atoms with van der Waals surface area (Å²) in [4.78, 5) is 1.68. The number of hydrogen-bond acceptors (Lipinski definition) is 2. The van der Waals surface area contributed by atoms with Gasteiger partial charge in [0.05, 0.1) is 11.3 Å². The molecule has 1 unspecified atom stereocenters. The molecular weight excluding hydrogens is 260 g/mol. The Morgan fingerprint density at radius 2 is 2.05 bits per heavy atom. The third kappa shape index (κ3) is 3.18. The minimum absolute atomic E-state index is 0.0368. The number of hydrogen-bond donors (Lipinski definition) is 1. The van der Waals surface area contributed by atoms with Gasteiger partial charge in [-0.15, -0.1) is 0 Å². The van der Waals surface area contributed by atoms with Gasteiger partial charge in [0.15, 0.2) is 0 Å². The summed E-state index contributed by atoms with van der Waals surface area (Å²) in [6, 6.07) is 2.75. The van der Waals surface area contributed by atoms with Crippen LogP contribution in [0.25, 0.3) is 0 Å². The number of piperidine rings is 1. The van der Waals surface area contributed by atoms with Crippen LogP contribution in [-0.2, 0) is 6.18 Å². The maximum atomic E-state index is 13.7. The molecule has 1 fully saturated rings. The second-order valence-electron chi connectivity index (χ2n) is 4.74. The third-order valence-corrected chi connectivity index (χ3v) is 3.44. The fourth-order valence-electron chi connectivity index (χ4n) is 2.36. The van der Waals surface area contributed by atoms with Crippen molar-refractivity contribution in [2.45, 2.75) is 25.1 Å². The van der Waals surface area contributed by atoms with Gasteiger partial charge in [-0.3, -0.25) is 0 Å². The summed E-state index contributed by atoms with van der Waals surface area (Å²) in [6.45, 7) is 1.10. The molecule has 1 aromatic carbocycles. The first-order valence-electron chi connectivity index (χ1n) is 6.21. The van der Waals surface area contributed by atoms with E-state index in [0.717, 1.165) is 31.0 Å². The smallest absolute Gasteiger partial charge is 0.368 e. The van der Waals surface area contributed by atoms with E-state index in [-0.39, 0.29) is 11.7 Å². The van der Waals surface area contributed by atoms with E-state index in [2.05, 4.69) is 5.32 Å². The molecule has 106 valence electrons. The van der Waals surface area contributed by atoms with Gasteiger partial charge >= 0.3 is 6.18 Å². The van der Waals surface area contributed by atoms with Crippen LogP contribution < -0.4 is 10.2 Å². The van der Waals surface area contributed by atoms with Gasteiger partial charge in [0.2, 0.25) is 0 Å². The molecule has 2 rings (SSSR count). The number of rotatable bonds is 2. The first kappa shape index (κ1) is 14.1. The Kier molecular flexibility index (Phi) is 3.99. The van der Waals surface area contributed by atoms with Crippen molar-refractivity contribution < 1.29 is 17.6 Å². The van der Waals surface area contributed by atoms with E-state index in [1.165, 1.54) is 0 Å². The van der Waals surface area contributed by atoms with Crippen LogP contribution in [0.3, 0.4) is 0 Å². The summed E-state index contributed by atoms with van der Waals surface area (Å²) in [7, 11) is 1.80. The van der Waals surface area contributed by atoms with Crippen molar-refractivity contribution in [3.63, 3.8) is 0 Å². The average molecular weight is 276 g/mol. The zero-order valence-corrected chi connectivity index (χ0v) is 10.6. The van der Waals surface area contributed by atoms with Gasteiger partial charge in [0, 0.05) is 19.1 Å². The maximum absolute atomic E-state index is 13.7. The van der Waals surface area contributed by atoms with E-state index in [0.29, 0.717) is 13.1 Å². The van der Waals surface area contributed by atoms with Crippen molar-refractivity contribution in [2.24, 2.45) is 0 Å². The fourth-order valence-corrected chi connectivity index (χ4v) is 2.36. The van der Waals surface area contributed by atoms with Crippen molar-refractivity contribution in [3.05, 3.63) is 29.6 Å². The summed E-state index contributed by atoms with van der Waals surface area (Å²) in [5.74, 6) is -0.607. The topological polar surface area (TPSA) is 15.3 Å². The highest BCUT2D eigenvalue weighted by Gasteiger charge is 2.32. The van der Waals surface area contributed by atoms with Gasteiger partial charge < -0.3 is 10.2 Å². The number of nitrogens with zero attached hydrogens (tertiary/aromatic N) is 1.